The van der Waals surface area contributed by atoms with Crippen molar-refractivity contribution >= 4 is 29.5 Å². The Morgan fingerprint density at radius 2 is 1.92 bits per heavy atom. The summed E-state index contributed by atoms with van der Waals surface area (Å²) in [5, 5.41) is 9.98. The third-order valence-electron chi connectivity index (χ3n) is 8.49. The van der Waals surface area contributed by atoms with Crippen LogP contribution < -0.4 is 0 Å². The van der Waals surface area contributed by atoms with Crippen molar-refractivity contribution in [3.8, 4) is 0 Å². The summed E-state index contributed by atoms with van der Waals surface area (Å²) >= 11 is 1.56. The number of carbonyl (C=O) groups is 3. The van der Waals surface area contributed by atoms with Crippen molar-refractivity contribution in [3.63, 3.8) is 0 Å². The molecule has 5 aliphatic rings. The molecule has 6 atom stereocenters. The number of ether oxygens (including phenoxy) is 2. The summed E-state index contributed by atoms with van der Waals surface area (Å²) in [5.41, 5.74) is 0. The monoisotopic (exact) mass is 533 g/mol. The molecule has 0 saturated carbocycles. The Labute approximate surface area is 223 Å². The number of rotatable bonds is 6. The quantitative estimate of drug-likeness (QED) is 0.400. The van der Waals surface area contributed by atoms with Crippen LogP contribution in [0.1, 0.15) is 32.6 Å². The lowest BCUT2D eigenvalue weighted by Crippen LogP contribution is -2.57. The number of aliphatic hydroxyl groups excluding tert-OH is 1. The van der Waals surface area contributed by atoms with Crippen molar-refractivity contribution in [2.24, 2.45) is 11.8 Å². The number of esters is 1. The van der Waals surface area contributed by atoms with Gasteiger partial charge in [-0.25, -0.2) is 0 Å². The number of allylic oxidation sites excluding steroid dienone is 1. The van der Waals surface area contributed by atoms with E-state index >= 15 is 0 Å². The van der Waals surface area contributed by atoms with Gasteiger partial charge in [-0.05, 0) is 25.7 Å². The van der Waals surface area contributed by atoms with Crippen molar-refractivity contribution in [1.82, 2.24) is 14.7 Å². The van der Waals surface area contributed by atoms with Gasteiger partial charge < -0.3 is 24.4 Å². The van der Waals surface area contributed by atoms with Gasteiger partial charge in [0, 0.05) is 38.0 Å². The Hall–Kier alpha value is -1.88. The van der Waals surface area contributed by atoms with Crippen LogP contribution in [0.2, 0.25) is 0 Å². The lowest BCUT2D eigenvalue weighted by Gasteiger charge is -2.38. The second kappa shape index (κ2) is 11.5. The Bertz CT molecular complexity index is 933. The first-order valence-electron chi connectivity index (χ1n) is 13.7. The van der Waals surface area contributed by atoms with E-state index in [-0.39, 0.29) is 29.6 Å². The number of thioether (sulfide) groups is 1. The summed E-state index contributed by atoms with van der Waals surface area (Å²) in [6.45, 7) is 6.86. The predicted molar refractivity (Wildman–Crippen MR) is 140 cm³/mol. The van der Waals surface area contributed by atoms with E-state index in [2.05, 4.69) is 11.0 Å². The Balaban J connectivity index is 1.50. The highest BCUT2D eigenvalue weighted by atomic mass is 32.2. The molecule has 0 aliphatic carbocycles. The lowest BCUT2D eigenvalue weighted by atomic mass is 9.78. The highest BCUT2D eigenvalue weighted by Gasteiger charge is 2.71. The number of nitrogens with zero attached hydrogens (tertiary/aromatic N) is 3. The molecule has 1 spiro atoms. The maximum Gasteiger partial charge on any atom is 0.311 e. The van der Waals surface area contributed by atoms with Crippen LogP contribution in [-0.4, -0.2) is 119 Å². The molecule has 0 aromatic heterocycles. The van der Waals surface area contributed by atoms with E-state index in [1.54, 1.807) is 16.7 Å². The van der Waals surface area contributed by atoms with Gasteiger partial charge in [0.25, 0.3) is 0 Å². The molecule has 9 nitrogen and oxygen atoms in total. The normalized spacial score (nSPS) is 36.4. The summed E-state index contributed by atoms with van der Waals surface area (Å²) < 4.78 is 10.2. The number of morpholine rings is 1. The molecule has 0 aromatic carbocycles. The summed E-state index contributed by atoms with van der Waals surface area (Å²) in [5.74, 6) is -2.04. The van der Waals surface area contributed by atoms with E-state index in [0.29, 0.717) is 39.3 Å². The molecule has 10 heteroatoms. The van der Waals surface area contributed by atoms with Gasteiger partial charge in [-0.15, -0.1) is 11.8 Å². The molecule has 5 aliphatic heterocycles. The van der Waals surface area contributed by atoms with Gasteiger partial charge in [0.05, 0.1) is 49.1 Å². The van der Waals surface area contributed by atoms with Crippen molar-refractivity contribution in [2.45, 2.75) is 54.7 Å². The molecule has 0 bridgehead atoms. The third-order valence-corrected chi connectivity index (χ3v) is 10.2. The number of likely N-dealkylation sites (tertiary alicyclic amines) is 1. The van der Waals surface area contributed by atoms with Crippen LogP contribution in [0.3, 0.4) is 0 Å². The van der Waals surface area contributed by atoms with Crippen molar-refractivity contribution in [2.75, 3.05) is 59.2 Å². The number of hydrogen-bond donors (Lipinski definition) is 1. The summed E-state index contributed by atoms with van der Waals surface area (Å²) in [4.78, 5) is 47.6. The van der Waals surface area contributed by atoms with Gasteiger partial charge >= 0.3 is 5.97 Å². The third kappa shape index (κ3) is 4.86. The smallest absolute Gasteiger partial charge is 0.311 e. The SMILES string of the molecule is CC[C@@H](CO)N1C(=O)[C@@H]2[C@@H]3C(=O)OCCCC/C=C\[C@@H]3S[C@@]23C=CCN(CCN2CCOCC2)C(=O)C13. The first-order valence-corrected chi connectivity index (χ1v) is 14.6. The van der Waals surface area contributed by atoms with Gasteiger partial charge in [0.2, 0.25) is 11.8 Å². The first-order chi connectivity index (χ1) is 18.0. The molecular weight excluding hydrogens is 494 g/mol. The second-order valence-electron chi connectivity index (χ2n) is 10.6. The fourth-order valence-electron chi connectivity index (χ4n) is 6.50. The maximum absolute atomic E-state index is 14.3. The highest BCUT2D eigenvalue weighted by molar-refractivity contribution is 8.02. The highest BCUT2D eigenvalue weighted by Crippen LogP contribution is 2.61. The number of fused-ring (bicyclic) bond motifs is 2. The molecule has 1 N–H and O–H groups in total. The Morgan fingerprint density at radius 1 is 1.11 bits per heavy atom. The zero-order chi connectivity index (χ0) is 26.0. The predicted octanol–water partition coefficient (Wildman–Crippen LogP) is 1.07. The molecule has 0 aromatic rings. The molecule has 2 amide bonds. The molecule has 5 heterocycles. The van der Waals surface area contributed by atoms with Crippen LogP contribution in [0.25, 0.3) is 0 Å². The molecular formula is C27H39N3O6S. The van der Waals surface area contributed by atoms with Gasteiger partial charge in [-0.3, -0.25) is 19.3 Å². The second-order valence-corrected chi connectivity index (χ2v) is 12.1. The van der Waals surface area contributed by atoms with E-state index in [4.69, 9.17) is 9.47 Å². The summed E-state index contributed by atoms with van der Waals surface area (Å²) in [6.07, 6.45) is 11.3. The lowest BCUT2D eigenvalue weighted by molar-refractivity contribution is -0.153. The van der Waals surface area contributed by atoms with Crippen LogP contribution in [-0.2, 0) is 23.9 Å². The van der Waals surface area contributed by atoms with E-state index in [9.17, 15) is 19.5 Å². The van der Waals surface area contributed by atoms with Crippen LogP contribution in [0, 0.1) is 11.8 Å². The molecule has 37 heavy (non-hydrogen) atoms. The average Bonchev–Trinajstić information content (AvgIpc) is 3.30. The van der Waals surface area contributed by atoms with Crippen LogP contribution in [0.4, 0.5) is 0 Å². The fraction of sp³-hybridized carbons (Fsp3) is 0.741. The van der Waals surface area contributed by atoms with E-state index in [0.717, 1.165) is 38.9 Å². The average molecular weight is 534 g/mol. The topological polar surface area (TPSA) is 99.6 Å². The Morgan fingerprint density at radius 3 is 2.68 bits per heavy atom. The van der Waals surface area contributed by atoms with E-state index < -0.39 is 28.7 Å². The van der Waals surface area contributed by atoms with Gasteiger partial charge in [0.1, 0.15) is 6.04 Å². The van der Waals surface area contributed by atoms with Crippen LogP contribution in [0.5, 0.6) is 0 Å². The van der Waals surface area contributed by atoms with Gasteiger partial charge in [0.15, 0.2) is 0 Å². The van der Waals surface area contributed by atoms with Crippen molar-refractivity contribution in [3.05, 3.63) is 24.3 Å². The molecule has 204 valence electrons. The molecule has 1 unspecified atom stereocenters. The van der Waals surface area contributed by atoms with Gasteiger partial charge in [-0.2, -0.15) is 0 Å². The van der Waals surface area contributed by atoms with Crippen LogP contribution >= 0.6 is 11.8 Å². The zero-order valence-electron chi connectivity index (χ0n) is 21.6. The molecule has 5 rings (SSSR count). The van der Waals surface area contributed by atoms with Crippen LogP contribution in [0.15, 0.2) is 24.3 Å². The largest absolute Gasteiger partial charge is 0.465 e. The van der Waals surface area contributed by atoms with Crippen molar-refractivity contribution in [1.29, 1.82) is 0 Å². The number of aliphatic hydroxyl groups is 1. The zero-order valence-corrected chi connectivity index (χ0v) is 22.4. The number of hydrogen-bond acceptors (Lipinski definition) is 8. The van der Waals surface area contributed by atoms with E-state index in [1.807, 2.05) is 30.1 Å². The first kappa shape index (κ1) is 26.7. The minimum Gasteiger partial charge on any atom is -0.465 e. The number of carbonyl (C=O) groups excluding carboxylic acids is 3. The Kier molecular flexibility index (Phi) is 8.28. The number of cyclic esters (lactones) is 1. The fourth-order valence-corrected chi connectivity index (χ4v) is 8.49. The minimum atomic E-state index is -0.878. The molecule has 3 fully saturated rings. The number of amides is 2. The van der Waals surface area contributed by atoms with Gasteiger partial charge in [-0.1, -0.05) is 31.2 Å². The van der Waals surface area contributed by atoms with E-state index in [1.165, 1.54) is 0 Å². The standard InChI is InChI=1S/C27H39N3O6S/c1-2-19(18-31)30-23-25(33)29(12-11-28-13-16-35-17-14-28)10-7-9-27(23)22(24(30)32)21-20(37-27)8-5-3-4-6-15-36-26(21)34/h5,7-9,19-23,31H,2-4,6,10-18H2,1H3/b8-5-/t19-,20-,21+,22-,23?,27-/m0/s1. The minimum absolute atomic E-state index is 0.102. The molecule has 3 saturated heterocycles. The molecule has 0 radical (unpaired) electrons. The van der Waals surface area contributed by atoms with Crippen molar-refractivity contribution < 1.29 is 29.0 Å². The summed E-state index contributed by atoms with van der Waals surface area (Å²) in [7, 11) is 0. The maximum atomic E-state index is 14.3. The summed E-state index contributed by atoms with van der Waals surface area (Å²) in [6, 6.07) is -1.25.